The van der Waals surface area contributed by atoms with Crippen LogP contribution in [0.3, 0.4) is 0 Å². The third-order valence-corrected chi connectivity index (χ3v) is 3.71. The number of aryl methyl sites for hydroxylation is 1. The number of allylic oxidation sites excluding steroid dienone is 3. The van der Waals surface area contributed by atoms with Gasteiger partial charge in [0.25, 0.3) is 0 Å². The Labute approximate surface area is 135 Å². The lowest BCUT2D eigenvalue weighted by atomic mass is 10.00. The van der Waals surface area contributed by atoms with Crippen molar-refractivity contribution in [3.05, 3.63) is 46.6 Å². The highest BCUT2D eigenvalue weighted by molar-refractivity contribution is 5.46. The molecule has 0 spiro atoms. The number of hydrogen-bond acceptors (Lipinski definition) is 2. The molecule has 22 heavy (non-hydrogen) atoms. The van der Waals surface area contributed by atoms with Crippen LogP contribution in [0.4, 0.5) is 0 Å². The zero-order chi connectivity index (χ0) is 16.7. The molecule has 0 fully saturated rings. The summed E-state index contributed by atoms with van der Waals surface area (Å²) in [5.74, 6) is 1.49. The second-order valence-electron chi connectivity index (χ2n) is 6.51. The van der Waals surface area contributed by atoms with Crippen molar-refractivity contribution >= 4 is 0 Å². The lowest BCUT2D eigenvalue weighted by Crippen LogP contribution is -1.99. The fourth-order valence-corrected chi connectivity index (χ4v) is 2.27. The summed E-state index contributed by atoms with van der Waals surface area (Å²) >= 11 is 0. The average molecular weight is 302 g/mol. The van der Waals surface area contributed by atoms with Gasteiger partial charge in [0.1, 0.15) is 18.1 Å². The van der Waals surface area contributed by atoms with E-state index in [9.17, 15) is 5.11 Å². The maximum atomic E-state index is 9.97. The first-order valence-electron chi connectivity index (χ1n) is 8.06. The first-order chi connectivity index (χ1) is 10.3. The third kappa shape index (κ3) is 5.97. The molecular weight excluding hydrogens is 272 g/mol. The summed E-state index contributed by atoms with van der Waals surface area (Å²) in [6.45, 7) is 13.1. The number of rotatable bonds is 7. The zero-order valence-corrected chi connectivity index (χ0v) is 14.9. The van der Waals surface area contributed by atoms with Gasteiger partial charge in [-0.1, -0.05) is 31.1 Å². The minimum atomic E-state index is 0.282. The Bertz CT molecular complexity index is 547. The summed E-state index contributed by atoms with van der Waals surface area (Å²) in [5.41, 5.74) is 4.62. The summed E-state index contributed by atoms with van der Waals surface area (Å²) in [5, 5.41) is 9.97. The number of aromatic hydroxyl groups is 1. The summed E-state index contributed by atoms with van der Waals surface area (Å²) < 4.78 is 5.88. The molecule has 0 amide bonds. The predicted octanol–water partition coefficient (Wildman–Crippen LogP) is 5.90. The van der Waals surface area contributed by atoms with E-state index in [1.54, 1.807) is 6.07 Å². The predicted molar refractivity (Wildman–Crippen MR) is 94.8 cm³/mol. The van der Waals surface area contributed by atoms with Crippen LogP contribution in [0.5, 0.6) is 11.5 Å². The molecule has 122 valence electrons. The van der Waals surface area contributed by atoms with Gasteiger partial charge in [-0.15, -0.1) is 0 Å². The minimum Gasteiger partial charge on any atom is -0.508 e. The molecule has 0 aromatic heterocycles. The molecule has 0 bridgehead atoms. The quantitative estimate of drug-likeness (QED) is 0.636. The fourth-order valence-electron chi connectivity index (χ4n) is 2.27. The highest BCUT2D eigenvalue weighted by Gasteiger charge is 2.10. The van der Waals surface area contributed by atoms with Crippen LogP contribution < -0.4 is 4.74 Å². The molecule has 1 N–H and O–H groups in total. The molecule has 0 radical (unpaired) electrons. The van der Waals surface area contributed by atoms with E-state index in [1.807, 2.05) is 13.0 Å². The molecule has 0 saturated carbocycles. The Kier molecular flexibility index (Phi) is 7.23. The number of ether oxygens (including phenoxy) is 1. The van der Waals surface area contributed by atoms with Crippen LogP contribution >= 0.6 is 0 Å². The molecule has 1 rings (SSSR count). The Hall–Kier alpha value is -1.70. The molecule has 0 aliphatic rings. The Morgan fingerprint density at radius 3 is 2.45 bits per heavy atom. The lowest BCUT2D eigenvalue weighted by Gasteiger charge is -2.14. The van der Waals surface area contributed by atoms with Gasteiger partial charge in [-0.2, -0.15) is 0 Å². The first kappa shape index (κ1) is 18.3. The Morgan fingerprint density at radius 1 is 1.18 bits per heavy atom. The maximum absolute atomic E-state index is 9.97. The maximum Gasteiger partial charge on any atom is 0.123 e. The van der Waals surface area contributed by atoms with Gasteiger partial charge >= 0.3 is 0 Å². The van der Waals surface area contributed by atoms with Crippen molar-refractivity contribution in [2.75, 3.05) is 6.61 Å². The summed E-state index contributed by atoms with van der Waals surface area (Å²) in [7, 11) is 0. The molecule has 0 aliphatic carbocycles. The second kappa shape index (κ2) is 8.67. The SMILES string of the molecule is CC(C)=CCC/C(C)=C/COc1cc(C(C)C)c(O)cc1C. The van der Waals surface area contributed by atoms with Crippen molar-refractivity contribution in [3.8, 4) is 11.5 Å². The van der Waals surface area contributed by atoms with Gasteiger partial charge in [-0.25, -0.2) is 0 Å². The monoisotopic (exact) mass is 302 g/mol. The van der Waals surface area contributed by atoms with E-state index in [4.69, 9.17) is 4.74 Å². The minimum absolute atomic E-state index is 0.282. The van der Waals surface area contributed by atoms with Crippen LogP contribution in [0, 0.1) is 6.92 Å². The van der Waals surface area contributed by atoms with Crippen LogP contribution in [0.25, 0.3) is 0 Å². The smallest absolute Gasteiger partial charge is 0.123 e. The highest BCUT2D eigenvalue weighted by Crippen LogP contribution is 2.32. The molecule has 1 aromatic carbocycles. The lowest BCUT2D eigenvalue weighted by molar-refractivity contribution is 0.357. The van der Waals surface area contributed by atoms with E-state index >= 15 is 0 Å². The first-order valence-corrected chi connectivity index (χ1v) is 8.06. The molecule has 2 heteroatoms. The van der Waals surface area contributed by atoms with Gasteiger partial charge in [-0.3, -0.25) is 0 Å². The van der Waals surface area contributed by atoms with Crippen molar-refractivity contribution in [1.82, 2.24) is 0 Å². The zero-order valence-electron chi connectivity index (χ0n) is 14.9. The molecule has 0 saturated heterocycles. The normalized spacial score (nSPS) is 11.7. The second-order valence-corrected chi connectivity index (χ2v) is 6.51. The molecule has 0 heterocycles. The van der Waals surface area contributed by atoms with Crippen LogP contribution in [-0.2, 0) is 0 Å². The van der Waals surface area contributed by atoms with E-state index in [0.717, 1.165) is 29.7 Å². The van der Waals surface area contributed by atoms with Crippen LogP contribution in [-0.4, -0.2) is 11.7 Å². The molecule has 2 nitrogen and oxygen atoms in total. The Balaban J connectivity index is 2.64. The van der Waals surface area contributed by atoms with Gasteiger partial charge in [0.15, 0.2) is 0 Å². The van der Waals surface area contributed by atoms with Gasteiger partial charge in [-0.05, 0) is 70.2 Å². The van der Waals surface area contributed by atoms with E-state index in [2.05, 4.69) is 46.8 Å². The van der Waals surface area contributed by atoms with Crippen molar-refractivity contribution in [2.24, 2.45) is 0 Å². The van der Waals surface area contributed by atoms with E-state index in [1.165, 1.54) is 11.1 Å². The highest BCUT2D eigenvalue weighted by atomic mass is 16.5. The average Bonchev–Trinajstić information content (AvgIpc) is 2.40. The van der Waals surface area contributed by atoms with Crippen LogP contribution in [0.15, 0.2) is 35.4 Å². The van der Waals surface area contributed by atoms with Crippen molar-refractivity contribution in [2.45, 2.75) is 60.3 Å². The number of phenolic OH excluding ortho intramolecular Hbond substituents is 1. The van der Waals surface area contributed by atoms with E-state index in [0.29, 0.717) is 12.4 Å². The standard InChI is InChI=1S/C20H30O2/c1-14(2)8-7-9-16(5)10-11-22-20-13-18(15(3)4)19(21)12-17(20)6/h8,10,12-13,15,21H,7,9,11H2,1-6H3/b16-10+. The molecule has 0 atom stereocenters. The van der Waals surface area contributed by atoms with Crippen molar-refractivity contribution < 1.29 is 9.84 Å². The number of hydrogen-bond donors (Lipinski definition) is 1. The molecule has 1 aromatic rings. The van der Waals surface area contributed by atoms with Gasteiger partial charge in [0.05, 0.1) is 0 Å². The summed E-state index contributed by atoms with van der Waals surface area (Å²) in [4.78, 5) is 0. The topological polar surface area (TPSA) is 29.5 Å². The van der Waals surface area contributed by atoms with Crippen LogP contribution in [0.2, 0.25) is 0 Å². The third-order valence-electron chi connectivity index (χ3n) is 3.71. The van der Waals surface area contributed by atoms with E-state index in [-0.39, 0.29) is 5.92 Å². The molecule has 0 aliphatic heterocycles. The van der Waals surface area contributed by atoms with Crippen molar-refractivity contribution in [1.29, 1.82) is 0 Å². The number of phenols is 1. The van der Waals surface area contributed by atoms with Gasteiger partial charge in [0.2, 0.25) is 0 Å². The summed E-state index contributed by atoms with van der Waals surface area (Å²) in [6, 6.07) is 3.75. The van der Waals surface area contributed by atoms with Gasteiger partial charge < -0.3 is 9.84 Å². The van der Waals surface area contributed by atoms with Crippen molar-refractivity contribution in [3.63, 3.8) is 0 Å². The Morgan fingerprint density at radius 2 is 1.86 bits per heavy atom. The largest absolute Gasteiger partial charge is 0.508 e. The van der Waals surface area contributed by atoms with E-state index < -0.39 is 0 Å². The molecular formula is C20H30O2. The van der Waals surface area contributed by atoms with Gasteiger partial charge in [0, 0.05) is 5.56 Å². The number of benzene rings is 1. The van der Waals surface area contributed by atoms with Crippen LogP contribution in [0.1, 0.15) is 64.5 Å². The summed E-state index contributed by atoms with van der Waals surface area (Å²) in [6.07, 6.45) is 6.55. The molecule has 0 unspecified atom stereocenters. The fraction of sp³-hybridized carbons (Fsp3) is 0.500.